The third-order valence-electron chi connectivity index (χ3n) is 4.31. The first-order valence-electron chi connectivity index (χ1n) is 8.15. The summed E-state index contributed by atoms with van der Waals surface area (Å²) >= 11 is 0. The van der Waals surface area contributed by atoms with Crippen LogP contribution in [0.2, 0.25) is 0 Å². The number of aliphatic hydroxyl groups is 1. The molecule has 3 rings (SSSR count). The molecule has 1 unspecified atom stereocenters. The number of nitrogens with zero attached hydrogens (tertiary/aromatic N) is 1. The highest BCUT2D eigenvalue weighted by Gasteiger charge is 2.32. The van der Waals surface area contributed by atoms with E-state index in [0.29, 0.717) is 12.1 Å². The summed E-state index contributed by atoms with van der Waals surface area (Å²) in [5, 5.41) is 12.3. The number of hydrogen-bond acceptors (Lipinski definition) is 3. The highest BCUT2D eigenvalue weighted by molar-refractivity contribution is 5.99. The zero-order valence-corrected chi connectivity index (χ0v) is 13.8. The van der Waals surface area contributed by atoms with Gasteiger partial charge < -0.3 is 15.3 Å². The van der Waals surface area contributed by atoms with Crippen LogP contribution >= 0.6 is 0 Å². The molecule has 2 amide bonds. The van der Waals surface area contributed by atoms with Gasteiger partial charge in [0.05, 0.1) is 19.1 Å². The average Bonchev–Trinajstić information content (AvgIpc) is 3.02. The summed E-state index contributed by atoms with van der Waals surface area (Å²) in [6.45, 7) is 3.35. The van der Waals surface area contributed by atoms with Crippen LogP contribution in [0, 0.1) is 0 Å². The van der Waals surface area contributed by atoms with E-state index in [1.807, 2.05) is 36.4 Å². The number of carbonyl (C=O) groups excluding carboxylic acids is 2. The van der Waals surface area contributed by atoms with Gasteiger partial charge in [0.25, 0.3) is 0 Å². The van der Waals surface area contributed by atoms with Crippen LogP contribution in [0.15, 0.2) is 61.2 Å². The number of hydrogen-bond donors (Lipinski definition) is 2. The van der Waals surface area contributed by atoms with E-state index in [-0.39, 0.29) is 30.9 Å². The van der Waals surface area contributed by atoms with Crippen molar-refractivity contribution in [3.8, 4) is 0 Å². The van der Waals surface area contributed by atoms with Crippen molar-refractivity contribution in [1.82, 2.24) is 0 Å². The second-order valence-electron chi connectivity index (χ2n) is 6.00. The van der Waals surface area contributed by atoms with Gasteiger partial charge in [-0.2, -0.15) is 0 Å². The number of amides is 2. The summed E-state index contributed by atoms with van der Waals surface area (Å²) in [5.41, 5.74) is 3.46. The molecule has 1 atom stereocenters. The summed E-state index contributed by atoms with van der Waals surface area (Å²) in [6, 6.07) is 14.7. The van der Waals surface area contributed by atoms with E-state index >= 15 is 0 Å². The highest BCUT2D eigenvalue weighted by Crippen LogP contribution is 2.32. The van der Waals surface area contributed by atoms with E-state index in [1.54, 1.807) is 17.0 Å². The van der Waals surface area contributed by atoms with E-state index in [1.165, 1.54) is 6.08 Å². The lowest BCUT2D eigenvalue weighted by molar-refractivity contribution is -0.118. The summed E-state index contributed by atoms with van der Waals surface area (Å²) in [4.78, 5) is 25.8. The maximum absolute atomic E-state index is 12.8. The number of nitrogens with one attached hydrogen (secondary N) is 1. The largest absolute Gasteiger partial charge is 0.394 e. The van der Waals surface area contributed by atoms with Crippen LogP contribution in [-0.4, -0.2) is 29.6 Å². The van der Waals surface area contributed by atoms with Crippen molar-refractivity contribution >= 4 is 23.2 Å². The van der Waals surface area contributed by atoms with Gasteiger partial charge in [-0.15, -0.1) is 0 Å². The molecule has 2 aromatic rings. The lowest BCUT2D eigenvalue weighted by Crippen LogP contribution is -2.40. The number of fused-ring (bicyclic) bond motifs is 1. The zero-order chi connectivity index (χ0) is 17.8. The fourth-order valence-electron chi connectivity index (χ4n) is 3.10. The van der Waals surface area contributed by atoms with Crippen molar-refractivity contribution in [1.29, 1.82) is 0 Å². The van der Waals surface area contributed by atoms with Crippen LogP contribution in [0.4, 0.5) is 11.4 Å². The molecule has 0 aliphatic carbocycles. The van der Waals surface area contributed by atoms with E-state index in [2.05, 4.69) is 11.9 Å². The quantitative estimate of drug-likeness (QED) is 0.823. The molecule has 0 aromatic heterocycles. The normalized spacial score (nSPS) is 15.6. The van der Waals surface area contributed by atoms with Gasteiger partial charge in [0.1, 0.15) is 0 Å². The molecule has 0 fully saturated rings. The minimum atomic E-state index is -0.275. The maximum atomic E-state index is 12.8. The van der Waals surface area contributed by atoms with Crippen LogP contribution in [0.1, 0.15) is 11.1 Å². The third kappa shape index (κ3) is 3.61. The van der Waals surface area contributed by atoms with E-state index in [9.17, 15) is 14.7 Å². The van der Waals surface area contributed by atoms with E-state index in [0.717, 1.165) is 16.8 Å². The monoisotopic (exact) mass is 336 g/mol. The van der Waals surface area contributed by atoms with E-state index in [4.69, 9.17) is 0 Å². The maximum Gasteiger partial charge on any atom is 0.247 e. The third-order valence-corrected chi connectivity index (χ3v) is 4.31. The second-order valence-corrected chi connectivity index (χ2v) is 6.00. The molecule has 0 spiro atoms. The van der Waals surface area contributed by atoms with Gasteiger partial charge in [-0.05, 0) is 41.8 Å². The van der Waals surface area contributed by atoms with Crippen LogP contribution in [0.3, 0.4) is 0 Å². The summed E-state index contributed by atoms with van der Waals surface area (Å²) in [6.07, 6.45) is 2.11. The number of rotatable bonds is 5. The summed E-state index contributed by atoms with van der Waals surface area (Å²) in [5.74, 6) is -0.324. The molecule has 1 aliphatic rings. The number of carbonyl (C=O) groups is 2. The smallest absolute Gasteiger partial charge is 0.247 e. The van der Waals surface area contributed by atoms with Gasteiger partial charge >= 0.3 is 0 Å². The van der Waals surface area contributed by atoms with Gasteiger partial charge in [-0.1, -0.05) is 36.9 Å². The Morgan fingerprint density at radius 3 is 2.60 bits per heavy atom. The Hall–Kier alpha value is -2.92. The molecule has 0 saturated heterocycles. The van der Waals surface area contributed by atoms with E-state index < -0.39 is 0 Å². The van der Waals surface area contributed by atoms with Gasteiger partial charge in [-0.3, -0.25) is 9.59 Å². The molecule has 128 valence electrons. The standard InChI is InChI=1S/C20H20N2O3/c1-2-19(24)21-16-9-7-14(8-10-16)11-20(25)22-17(13-23)12-15-5-3-4-6-18(15)22/h2-10,17,23H,1,11-13H2,(H,21,24). The Morgan fingerprint density at radius 1 is 1.20 bits per heavy atom. The van der Waals surface area contributed by atoms with Gasteiger partial charge in [0.15, 0.2) is 0 Å². The Morgan fingerprint density at radius 2 is 1.92 bits per heavy atom. The molecule has 5 heteroatoms. The molecule has 2 N–H and O–H groups in total. The molecular weight excluding hydrogens is 316 g/mol. The first-order chi connectivity index (χ1) is 12.1. The molecule has 0 bridgehead atoms. The zero-order valence-electron chi connectivity index (χ0n) is 13.8. The fourth-order valence-corrected chi connectivity index (χ4v) is 3.10. The van der Waals surface area contributed by atoms with Crippen molar-refractivity contribution < 1.29 is 14.7 Å². The average molecular weight is 336 g/mol. The predicted molar refractivity (Wildman–Crippen MR) is 97.5 cm³/mol. The summed E-state index contributed by atoms with van der Waals surface area (Å²) in [7, 11) is 0. The van der Waals surface area contributed by atoms with Gasteiger partial charge in [0, 0.05) is 11.4 Å². The topological polar surface area (TPSA) is 69.6 Å². The van der Waals surface area contributed by atoms with Gasteiger partial charge in [0.2, 0.25) is 11.8 Å². The predicted octanol–water partition coefficient (Wildman–Crippen LogP) is 2.30. The van der Waals surface area contributed by atoms with Crippen LogP contribution < -0.4 is 10.2 Å². The van der Waals surface area contributed by atoms with Crippen LogP contribution in [-0.2, 0) is 22.4 Å². The van der Waals surface area contributed by atoms with Gasteiger partial charge in [-0.25, -0.2) is 0 Å². The van der Waals surface area contributed by atoms with Crippen molar-refractivity contribution in [3.05, 3.63) is 72.3 Å². The molecule has 5 nitrogen and oxygen atoms in total. The Labute approximate surface area is 146 Å². The molecule has 0 radical (unpaired) electrons. The van der Waals surface area contributed by atoms with Crippen molar-refractivity contribution in [3.63, 3.8) is 0 Å². The molecule has 0 saturated carbocycles. The molecule has 1 heterocycles. The fraction of sp³-hybridized carbons (Fsp3) is 0.200. The Kier molecular flexibility index (Phi) is 4.95. The Balaban J connectivity index is 1.73. The van der Waals surface area contributed by atoms with Crippen LogP contribution in [0.25, 0.3) is 0 Å². The lowest BCUT2D eigenvalue weighted by Gasteiger charge is -2.24. The summed E-state index contributed by atoms with van der Waals surface area (Å²) < 4.78 is 0. The Bertz CT molecular complexity index is 799. The SMILES string of the molecule is C=CC(=O)Nc1ccc(CC(=O)N2c3ccccc3CC2CO)cc1. The molecule has 25 heavy (non-hydrogen) atoms. The number of aliphatic hydroxyl groups excluding tert-OH is 1. The molecular formula is C20H20N2O3. The van der Waals surface area contributed by atoms with Crippen molar-refractivity contribution in [2.45, 2.75) is 18.9 Å². The van der Waals surface area contributed by atoms with Crippen molar-refractivity contribution in [2.24, 2.45) is 0 Å². The first-order valence-corrected chi connectivity index (χ1v) is 8.15. The van der Waals surface area contributed by atoms with Crippen LogP contribution in [0.5, 0.6) is 0 Å². The minimum absolute atomic E-state index is 0.0492. The molecule has 2 aromatic carbocycles. The second kappa shape index (κ2) is 7.32. The highest BCUT2D eigenvalue weighted by atomic mass is 16.3. The number of anilines is 2. The minimum Gasteiger partial charge on any atom is -0.394 e. The lowest BCUT2D eigenvalue weighted by atomic mass is 10.1. The number of benzene rings is 2. The number of para-hydroxylation sites is 1. The van der Waals surface area contributed by atoms with Crippen molar-refractivity contribution in [2.75, 3.05) is 16.8 Å². The molecule has 1 aliphatic heterocycles. The first kappa shape index (κ1) is 16.9.